The predicted molar refractivity (Wildman–Crippen MR) is 62.8 cm³/mol. The number of aromatic nitrogens is 1. The van der Waals surface area contributed by atoms with Gasteiger partial charge in [0.15, 0.2) is 0 Å². The first-order valence-electron chi connectivity index (χ1n) is 5.10. The largest absolute Gasteiger partial charge is 0.347 e. The second kappa shape index (κ2) is 3.78. The lowest BCUT2D eigenvalue weighted by atomic mass is 10.2. The molecule has 15 heavy (non-hydrogen) atoms. The molecular weight excluding hydrogens is 184 g/mol. The average Bonchev–Trinajstić information content (AvgIpc) is 2.52. The first kappa shape index (κ1) is 9.79. The summed E-state index contributed by atoms with van der Waals surface area (Å²) in [5.74, 6) is 0. The fraction of sp³-hybridized carbons (Fsp3) is 0.308. The Bertz CT molecular complexity index is 529. The van der Waals surface area contributed by atoms with Crippen molar-refractivity contribution in [3.05, 3.63) is 46.9 Å². The van der Waals surface area contributed by atoms with Crippen molar-refractivity contribution in [3.8, 4) is 0 Å². The molecule has 2 aromatic rings. The van der Waals surface area contributed by atoms with Crippen molar-refractivity contribution in [2.75, 3.05) is 6.54 Å². The lowest BCUT2D eigenvalue weighted by Crippen LogP contribution is -1.97. The summed E-state index contributed by atoms with van der Waals surface area (Å²) in [5, 5.41) is 1.28. The van der Waals surface area contributed by atoms with Crippen LogP contribution in [0.3, 0.4) is 0 Å². The van der Waals surface area contributed by atoms with Crippen LogP contribution in [0.25, 0.3) is 15.7 Å². The number of aryl methyl sites for hydroxylation is 2. The Morgan fingerprint density at radius 2 is 2.13 bits per heavy atom. The van der Waals surface area contributed by atoms with Crippen molar-refractivity contribution in [2.24, 2.45) is 7.05 Å². The van der Waals surface area contributed by atoms with Crippen LogP contribution in [0.2, 0.25) is 0 Å². The maximum Gasteiger partial charge on any atom is 0.220 e. The van der Waals surface area contributed by atoms with Crippen molar-refractivity contribution in [3.63, 3.8) is 0 Å². The molecule has 2 nitrogen and oxygen atoms in total. The summed E-state index contributed by atoms with van der Waals surface area (Å²) in [4.78, 5) is 3.40. The second-order valence-electron chi connectivity index (χ2n) is 3.89. The zero-order valence-corrected chi connectivity index (χ0v) is 9.12. The Labute approximate surface area is 90.0 Å². The Balaban J connectivity index is 2.50. The molecular formula is C13H14N2. The molecule has 0 bridgehead atoms. The first-order valence-corrected chi connectivity index (χ1v) is 5.10. The van der Waals surface area contributed by atoms with E-state index in [1.54, 1.807) is 0 Å². The van der Waals surface area contributed by atoms with Crippen LogP contribution in [0.5, 0.6) is 0 Å². The van der Waals surface area contributed by atoms with Gasteiger partial charge in [-0.1, -0.05) is 11.6 Å². The summed E-state index contributed by atoms with van der Waals surface area (Å²) in [6, 6.07) is 8.65. The molecule has 1 aromatic carbocycles. The van der Waals surface area contributed by atoms with E-state index in [1.165, 1.54) is 22.2 Å². The SMILES string of the molecule is [C-]#[N+]CCc1cc2cc(C)ccc2n1C. The highest BCUT2D eigenvalue weighted by Gasteiger charge is 2.06. The summed E-state index contributed by atoms with van der Waals surface area (Å²) in [6.45, 7) is 9.48. The van der Waals surface area contributed by atoms with Crippen LogP contribution in [0.4, 0.5) is 0 Å². The number of hydrogen-bond donors (Lipinski definition) is 0. The van der Waals surface area contributed by atoms with Crippen LogP contribution in [-0.2, 0) is 13.5 Å². The maximum atomic E-state index is 6.81. The molecule has 0 amide bonds. The molecule has 0 unspecified atom stereocenters. The van der Waals surface area contributed by atoms with Crippen LogP contribution in [-0.4, -0.2) is 11.1 Å². The van der Waals surface area contributed by atoms with Crippen LogP contribution >= 0.6 is 0 Å². The van der Waals surface area contributed by atoms with E-state index in [9.17, 15) is 0 Å². The quantitative estimate of drug-likeness (QED) is 0.656. The van der Waals surface area contributed by atoms with Gasteiger partial charge in [0.2, 0.25) is 6.54 Å². The second-order valence-corrected chi connectivity index (χ2v) is 3.89. The minimum absolute atomic E-state index is 0.573. The van der Waals surface area contributed by atoms with Crippen molar-refractivity contribution in [2.45, 2.75) is 13.3 Å². The van der Waals surface area contributed by atoms with Gasteiger partial charge in [0.1, 0.15) is 0 Å². The fourth-order valence-electron chi connectivity index (χ4n) is 1.94. The van der Waals surface area contributed by atoms with E-state index in [1.807, 2.05) is 0 Å². The van der Waals surface area contributed by atoms with Gasteiger partial charge in [-0.25, -0.2) is 6.57 Å². The van der Waals surface area contributed by atoms with Crippen molar-refractivity contribution >= 4 is 10.9 Å². The predicted octanol–water partition coefficient (Wildman–Crippen LogP) is 2.95. The van der Waals surface area contributed by atoms with Gasteiger partial charge >= 0.3 is 0 Å². The van der Waals surface area contributed by atoms with Gasteiger partial charge in [-0.2, -0.15) is 0 Å². The standard InChI is InChI=1S/C13H14N2/c1-10-4-5-13-11(8-10)9-12(15(13)3)6-7-14-2/h4-5,8-9H,6-7H2,1,3H3. The Kier molecular flexibility index (Phi) is 2.47. The van der Waals surface area contributed by atoms with Gasteiger partial charge in [0.05, 0.1) is 6.42 Å². The molecule has 2 heteroatoms. The highest BCUT2D eigenvalue weighted by Crippen LogP contribution is 2.20. The Hall–Kier alpha value is -1.75. The van der Waals surface area contributed by atoms with Crippen molar-refractivity contribution in [1.82, 2.24) is 4.57 Å². The maximum absolute atomic E-state index is 6.81. The normalized spacial score (nSPS) is 10.5. The molecule has 1 heterocycles. The van der Waals surface area contributed by atoms with Gasteiger partial charge in [-0.15, -0.1) is 0 Å². The van der Waals surface area contributed by atoms with E-state index < -0.39 is 0 Å². The van der Waals surface area contributed by atoms with Gasteiger partial charge in [0, 0.05) is 23.6 Å². The molecule has 0 spiro atoms. The van der Waals surface area contributed by atoms with Crippen LogP contribution in [0.15, 0.2) is 24.3 Å². The minimum Gasteiger partial charge on any atom is -0.347 e. The Morgan fingerprint density at radius 1 is 1.33 bits per heavy atom. The van der Waals surface area contributed by atoms with E-state index in [2.05, 4.69) is 47.6 Å². The molecule has 0 saturated carbocycles. The molecule has 0 radical (unpaired) electrons. The van der Waals surface area contributed by atoms with Gasteiger partial charge < -0.3 is 9.41 Å². The average molecular weight is 198 g/mol. The Morgan fingerprint density at radius 3 is 2.87 bits per heavy atom. The molecule has 0 N–H and O–H groups in total. The van der Waals surface area contributed by atoms with Crippen LogP contribution < -0.4 is 0 Å². The minimum atomic E-state index is 0.573. The molecule has 0 fully saturated rings. The zero-order valence-electron chi connectivity index (χ0n) is 9.12. The molecule has 0 aliphatic heterocycles. The third kappa shape index (κ3) is 1.73. The number of benzene rings is 1. The molecule has 0 aliphatic rings. The third-order valence-corrected chi connectivity index (χ3v) is 2.78. The topological polar surface area (TPSA) is 9.29 Å². The molecule has 0 saturated heterocycles. The molecule has 1 aromatic heterocycles. The summed E-state index contributed by atoms with van der Waals surface area (Å²) in [5.41, 5.74) is 3.78. The number of rotatable bonds is 2. The number of fused-ring (bicyclic) bond motifs is 1. The molecule has 2 rings (SSSR count). The number of nitrogens with zero attached hydrogens (tertiary/aromatic N) is 2. The summed E-state index contributed by atoms with van der Waals surface area (Å²) < 4.78 is 2.18. The zero-order chi connectivity index (χ0) is 10.8. The van der Waals surface area contributed by atoms with E-state index >= 15 is 0 Å². The molecule has 0 aliphatic carbocycles. The summed E-state index contributed by atoms with van der Waals surface area (Å²) in [6.07, 6.45) is 0.841. The van der Waals surface area contributed by atoms with E-state index in [-0.39, 0.29) is 0 Å². The highest BCUT2D eigenvalue weighted by atomic mass is 14.9. The first-order chi connectivity index (χ1) is 7.22. The summed E-state index contributed by atoms with van der Waals surface area (Å²) in [7, 11) is 2.07. The lowest BCUT2D eigenvalue weighted by Gasteiger charge is -2.00. The van der Waals surface area contributed by atoms with E-state index in [0.717, 1.165) is 6.42 Å². The van der Waals surface area contributed by atoms with Gasteiger partial charge in [-0.05, 0) is 25.1 Å². The fourth-order valence-corrected chi connectivity index (χ4v) is 1.94. The third-order valence-electron chi connectivity index (χ3n) is 2.78. The van der Waals surface area contributed by atoms with Crippen LogP contribution in [0.1, 0.15) is 11.3 Å². The van der Waals surface area contributed by atoms with Gasteiger partial charge in [-0.3, -0.25) is 0 Å². The van der Waals surface area contributed by atoms with Gasteiger partial charge in [0.25, 0.3) is 0 Å². The smallest absolute Gasteiger partial charge is 0.220 e. The van der Waals surface area contributed by atoms with Crippen LogP contribution in [0, 0.1) is 13.5 Å². The molecule has 76 valence electrons. The lowest BCUT2D eigenvalue weighted by molar-refractivity contribution is 0.855. The monoisotopic (exact) mass is 198 g/mol. The highest BCUT2D eigenvalue weighted by molar-refractivity contribution is 5.82. The van der Waals surface area contributed by atoms with E-state index in [4.69, 9.17) is 6.57 Å². The van der Waals surface area contributed by atoms with E-state index in [0.29, 0.717) is 6.54 Å². The van der Waals surface area contributed by atoms with Crippen molar-refractivity contribution in [1.29, 1.82) is 0 Å². The van der Waals surface area contributed by atoms with Crippen molar-refractivity contribution < 1.29 is 0 Å². The molecule has 0 atom stereocenters. The number of hydrogen-bond acceptors (Lipinski definition) is 0. The summed E-state index contributed by atoms with van der Waals surface area (Å²) >= 11 is 0.